The number of benzene rings is 1. The number of aliphatic hydroxyl groups is 1. The molecule has 1 aliphatic heterocycles. The van der Waals surface area contributed by atoms with Crippen molar-refractivity contribution in [3.8, 4) is 0 Å². The smallest absolute Gasteiger partial charge is 0.209 e. The number of ether oxygens (including phenoxy) is 2. The minimum atomic E-state index is -3.32. The summed E-state index contributed by atoms with van der Waals surface area (Å²) in [5.74, 6) is -1.68. The van der Waals surface area contributed by atoms with Crippen molar-refractivity contribution in [2.24, 2.45) is 0 Å². The fourth-order valence-corrected chi connectivity index (χ4v) is 3.15. The van der Waals surface area contributed by atoms with Crippen LogP contribution < -0.4 is 0 Å². The molecule has 0 aliphatic carbocycles. The fourth-order valence-electron chi connectivity index (χ4n) is 2.01. The molecular formula is C12H15ClO5S. The van der Waals surface area contributed by atoms with Crippen LogP contribution >= 0.6 is 11.6 Å². The van der Waals surface area contributed by atoms with E-state index in [0.29, 0.717) is 10.6 Å². The minimum Gasteiger partial charge on any atom is -0.394 e. The summed E-state index contributed by atoms with van der Waals surface area (Å²) in [6.07, 6.45) is 0.585. The summed E-state index contributed by atoms with van der Waals surface area (Å²) in [5, 5.41) is 9.65. The van der Waals surface area contributed by atoms with Crippen LogP contribution in [0.5, 0.6) is 0 Å². The van der Waals surface area contributed by atoms with Crippen LogP contribution in [0.25, 0.3) is 0 Å². The second-order valence-corrected chi connectivity index (χ2v) is 7.14. The second kappa shape index (κ2) is 5.38. The normalized spacial score (nSPS) is 27.6. The highest BCUT2D eigenvalue weighted by atomic mass is 35.5. The van der Waals surface area contributed by atoms with Gasteiger partial charge in [0.2, 0.25) is 5.79 Å². The lowest BCUT2D eigenvalue weighted by molar-refractivity contribution is -0.162. The molecule has 1 heterocycles. The fraction of sp³-hybridized carbons (Fsp3) is 0.500. The highest BCUT2D eigenvalue weighted by Gasteiger charge is 2.45. The van der Waals surface area contributed by atoms with Crippen LogP contribution in [0.3, 0.4) is 0 Å². The third kappa shape index (κ3) is 3.46. The lowest BCUT2D eigenvalue weighted by atomic mass is 10.1. The third-order valence-electron chi connectivity index (χ3n) is 2.80. The Hall–Kier alpha value is -0.660. The van der Waals surface area contributed by atoms with Gasteiger partial charge < -0.3 is 14.6 Å². The number of aliphatic hydroxyl groups excluding tert-OH is 1. The van der Waals surface area contributed by atoms with E-state index in [9.17, 15) is 8.42 Å². The van der Waals surface area contributed by atoms with E-state index in [1.54, 1.807) is 24.3 Å². The second-order valence-electron chi connectivity index (χ2n) is 4.56. The molecule has 0 spiro atoms. The summed E-state index contributed by atoms with van der Waals surface area (Å²) in [5.41, 5.74) is 0.568. The van der Waals surface area contributed by atoms with Crippen LogP contribution in [0.15, 0.2) is 24.3 Å². The molecule has 1 N–H and O–H groups in total. The molecule has 1 aliphatic rings. The lowest BCUT2D eigenvalue weighted by Gasteiger charge is -2.27. The van der Waals surface area contributed by atoms with Gasteiger partial charge in [-0.1, -0.05) is 23.7 Å². The molecule has 1 saturated heterocycles. The topological polar surface area (TPSA) is 72.8 Å². The maximum atomic E-state index is 11.6. The first-order chi connectivity index (χ1) is 8.85. The number of hydrogen-bond donors (Lipinski definition) is 1. The predicted molar refractivity (Wildman–Crippen MR) is 70.8 cm³/mol. The molecule has 7 heteroatoms. The molecule has 106 valence electrons. The van der Waals surface area contributed by atoms with Crippen molar-refractivity contribution in [1.29, 1.82) is 0 Å². The van der Waals surface area contributed by atoms with Gasteiger partial charge in [0.25, 0.3) is 0 Å². The van der Waals surface area contributed by atoms with Crippen molar-refractivity contribution in [2.45, 2.75) is 11.9 Å². The largest absolute Gasteiger partial charge is 0.394 e. The maximum absolute atomic E-state index is 11.6. The predicted octanol–water partition coefficient (Wildman–Crippen LogP) is 0.945. The molecule has 0 bridgehead atoms. The van der Waals surface area contributed by atoms with Crippen LogP contribution in [0.1, 0.15) is 5.56 Å². The number of halogens is 1. The standard InChI is InChI=1S/C12H15ClO5S/c1-19(15,16)8-12(17-7-11(6-14)18-12)9-2-4-10(13)5-3-9/h2-5,11,14H,6-8H2,1H3/t11-,12-/m0/s1. The quantitative estimate of drug-likeness (QED) is 0.896. The summed E-state index contributed by atoms with van der Waals surface area (Å²) in [4.78, 5) is 0. The Balaban J connectivity index is 2.37. The Morgan fingerprint density at radius 2 is 2.05 bits per heavy atom. The number of sulfone groups is 1. The van der Waals surface area contributed by atoms with E-state index < -0.39 is 21.7 Å². The minimum absolute atomic E-state index is 0.147. The molecule has 0 radical (unpaired) electrons. The summed E-state index contributed by atoms with van der Waals surface area (Å²) >= 11 is 5.81. The highest BCUT2D eigenvalue weighted by Crippen LogP contribution is 2.36. The Bertz CT molecular complexity index is 542. The maximum Gasteiger partial charge on any atom is 0.209 e. The highest BCUT2D eigenvalue weighted by molar-refractivity contribution is 7.90. The van der Waals surface area contributed by atoms with Gasteiger partial charge in [0.05, 0.1) is 13.2 Å². The van der Waals surface area contributed by atoms with E-state index in [1.807, 2.05) is 0 Å². The molecule has 2 atom stereocenters. The summed E-state index contributed by atoms with van der Waals surface area (Å²) in [6, 6.07) is 6.60. The lowest BCUT2D eigenvalue weighted by Crippen LogP contribution is -2.36. The molecule has 0 amide bonds. The molecule has 1 aromatic carbocycles. The van der Waals surface area contributed by atoms with Gasteiger partial charge in [0, 0.05) is 16.8 Å². The Morgan fingerprint density at radius 3 is 2.53 bits per heavy atom. The summed E-state index contributed by atoms with van der Waals surface area (Å²) in [7, 11) is -3.32. The van der Waals surface area contributed by atoms with Crippen molar-refractivity contribution >= 4 is 21.4 Å². The van der Waals surface area contributed by atoms with E-state index >= 15 is 0 Å². The molecule has 2 rings (SSSR count). The molecule has 5 nitrogen and oxygen atoms in total. The van der Waals surface area contributed by atoms with E-state index in [0.717, 1.165) is 6.26 Å². The first kappa shape index (κ1) is 14.7. The first-order valence-electron chi connectivity index (χ1n) is 5.71. The average Bonchev–Trinajstić information content (AvgIpc) is 2.72. The van der Waals surface area contributed by atoms with Crippen molar-refractivity contribution < 1.29 is 23.0 Å². The van der Waals surface area contributed by atoms with Crippen molar-refractivity contribution in [2.75, 3.05) is 25.2 Å². The number of hydrogen-bond acceptors (Lipinski definition) is 5. The molecule has 19 heavy (non-hydrogen) atoms. The van der Waals surface area contributed by atoms with Crippen molar-refractivity contribution in [3.05, 3.63) is 34.9 Å². The zero-order valence-corrected chi connectivity index (χ0v) is 11.9. The molecule has 0 unspecified atom stereocenters. The molecule has 1 aromatic rings. The Labute approximate surface area is 117 Å². The molecule has 0 saturated carbocycles. The van der Waals surface area contributed by atoms with Gasteiger partial charge >= 0.3 is 0 Å². The van der Waals surface area contributed by atoms with Crippen molar-refractivity contribution in [3.63, 3.8) is 0 Å². The van der Waals surface area contributed by atoms with Crippen LogP contribution in [-0.2, 0) is 25.1 Å². The van der Waals surface area contributed by atoms with Gasteiger partial charge in [0.15, 0.2) is 9.84 Å². The van der Waals surface area contributed by atoms with Crippen LogP contribution in [0.2, 0.25) is 5.02 Å². The average molecular weight is 307 g/mol. The van der Waals surface area contributed by atoms with Crippen molar-refractivity contribution in [1.82, 2.24) is 0 Å². The van der Waals surface area contributed by atoms with E-state index in [1.165, 1.54) is 0 Å². The zero-order chi connectivity index (χ0) is 14.1. The zero-order valence-electron chi connectivity index (χ0n) is 10.4. The molecule has 0 aromatic heterocycles. The van der Waals surface area contributed by atoms with E-state index in [2.05, 4.69) is 0 Å². The van der Waals surface area contributed by atoms with Crippen LogP contribution in [-0.4, -0.2) is 44.9 Å². The van der Waals surface area contributed by atoms with Crippen LogP contribution in [0, 0.1) is 0 Å². The third-order valence-corrected chi connectivity index (χ3v) is 3.96. The Morgan fingerprint density at radius 1 is 1.42 bits per heavy atom. The van der Waals surface area contributed by atoms with Gasteiger partial charge in [-0.05, 0) is 12.1 Å². The van der Waals surface area contributed by atoms with E-state index in [-0.39, 0.29) is 19.0 Å². The van der Waals surface area contributed by atoms with Gasteiger partial charge in [0.1, 0.15) is 11.9 Å². The van der Waals surface area contributed by atoms with Gasteiger partial charge in [-0.15, -0.1) is 0 Å². The molecular weight excluding hydrogens is 292 g/mol. The summed E-state index contributed by atoms with van der Waals surface area (Å²) in [6.45, 7) is -0.0756. The van der Waals surface area contributed by atoms with Gasteiger partial charge in [-0.3, -0.25) is 0 Å². The Kier molecular flexibility index (Phi) is 4.17. The summed E-state index contributed by atoms with van der Waals surface area (Å²) < 4.78 is 34.3. The first-order valence-corrected chi connectivity index (χ1v) is 8.15. The van der Waals surface area contributed by atoms with Crippen LogP contribution in [0.4, 0.5) is 0 Å². The SMILES string of the molecule is CS(=O)(=O)C[C@]1(c2ccc(Cl)cc2)OC[C@H](CO)O1. The van der Waals surface area contributed by atoms with Gasteiger partial charge in [-0.2, -0.15) is 0 Å². The number of rotatable bonds is 4. The van der Waals surface area contributed by atoms with E-state index in [4.69, 9.17) is 26.2 Å². The van der Waals surface area contributed by atoms with Gasteiger partial charge in [-0.25, -0.2) is 8.42 Å². The monoisotopic (exact) mass is 306 g/mol. The molecule has 1 fully saturated rings.